The molecule has 4 nitrogen and oxygen atoms in total. The zero-order valence-electron chi connectivity index (χ0n) is 10.1. The number of rotatable bonds is 4. The third-order valence-corrected chi connectivity index (χ3v) is 4.77. The molecule has 0 unspecified atom stereocenters. The molecule has 0 aliphatic heterocycles. The summed E-state index contributed by atoms with van der Waals surface area (Å²) in [4.78, 5) is 2.63. The summed E-state index contributed by atoms with van der Waals surface area (Å²) in [6.45, 7) is 0.697. The van der Waals surface area contributed by atoms with Crippen LogP contribution in [0.15, 0.2) is 10.5 Å². The lowest BCUT2D eigenvalue weighted by Gasteiger charge is -1.95. The van der Waals surface area contributed by atoms with Gasteiger partial charge in [0.15, 0.2) is 0 Å². The molecule has 5 heteroatoms. The Kier molecular flexibility index (Phi) is 2.48. The Morgan fingerprint density at radius 3 is 3.11 bits per heavy atom. The highest BCUT2D eigenvalue weighted by Crippen LogP contribution is 2.35. The third-order valence-electron chi connectivity index (χ3n) is 3.54. The van der Waals surface area contributed by atoms with Crippen molar-refractivity contribution in [2.24, 2.45) is 0 Å². The van der Waals surface area contributed by atoms with Crippen molar-refractivity contribution in [2.75, 3.05) is 0 Å². The molecule has 1 fully saturated rings. The van der Waals surface area contributed by atoms with Crippen molar-refractivity contribution < 1.29 is 4.42 Å². The SMILES string of the molecule is c1c(-c2nnc(CNC3CC3)o2)sc2c1CCC2. The summed E-state index contributed by atoms with van der Waals surface area (Å²) >= 11 is 1.81. The highest BCUT2D eigenvalue weighted by Gasteiger charge is 2.22. The molecule has 2 aromatic heterocycles. The summed E-state index contributed by atoms with van der Waals surface area (Å²) < 4.78 is 5.71. The molecule has 0 bridgehead atoms. The van der Waals surface area contributed by atoms with Gasteiger partial charge in [-0.2, -0.15) is 0 Å². The van der Waals surface area contributed by atoms with E-state index in [1.165, 1.54) is 42.5 Å². The Morgan fingerprint density at radius 1 is 1.33 bits per heavy atom. The average molecular weight is 261 g/mol. The van der Waals surface area contributed by atoms with Crippen LogP contribution in [0.5, 0.6) is 0 Å². The molecule has 0 spiro atoms. The largest absolute Gasteiger partial charge is 0.419 e. The van der Waals surface area contributed by atoms with Gasteiger partial charge in [-0.15, -0.1) is 21.5 Å². The predicted octanol–water partition coefficient (Wildman–Crippen LogP) is 2.54. The Balaban J connectivity index is 1.52. The fraction of sp³-hybridized carbons (Fsp3) is 0.538. The zero-order chi connectivity index (χ0) is 11.9. The van der Waals surface area contributed by atoms with Gasteiger partial charge in [-0.05, 0) is 43.7 Å². The third kappa shape index (κ3) is 1.97. The average Bonchev–Trinajstić information content (AvgIpc) is 2.79. The molecular weight excluding hydrogens is 246 g/mol. The van der Waals surface area contributed by atoms with E-state index < -0.39 is 0 Å². The van der Waals surface area contributed by atoms with Crippen molar-refractivity contribution in [3.63, 3.8) is 0 Å². The highest BCUT2D eigenvalue weighted by molar-refractivity contribution is 7.15. The highest BCUT2D eigenvalue weighted by atomic mass is 32.1. The molecule has 0 saturated heterocycles. The first-order chi connectivity index (χ1) is 8.88. The number of thiophene rings is 1. The van der Waals surface area contributed by atoms with Gasteiger partial charge in [0.2, 0.25) is 5.89 Å². The van der Waals surface area contributed by atoms with E-state index >= 15 is 0 Å². The summed E-state index contributed by atoms with van der Waals surface area (Å²) in [5.74, 6) is 1.38. The van der Waals surface area contributed by atoms with Crippen molar-refractivity contribution in [1.82, 2.24) is 15.5 Å². The van der Waals surface area contributed by atoms with E-state index in [2.05, 4.69) is 21.6 Å². The van der Waals surface area contributed by atoms with Gasteiger partial charge in [0.1, 0.15) is 0 Å². The van der Waals surface area contributed by atoms with Crippen LogP contribution in [0.2, 0.25) is 0 Å². The maximum Gasteiger partial charge on any atom is 0.257 e. The Hall–Kier alpha value is -1.20. The molecule has 2 aliphatic rings. The monoisotopic (exact) mass is 261 g/mol. The van der Waals surface area contributed by atoms with Crippen LogP contribution in [-0.4, -0.2) is 16.2 Å². The van der Waals surface area contributed by atoms with Crippen molar-refractivity contribution in [2.45, 2.75) is 44.7 Å². The van der Waals surface area contributed by atoms with Gasteiger partial charge >= 0.3 is 0 Å². The normalized spacial score (nSPS) is 18.2. The lowest BCUT2D eigenvalue weighted by molar-refractivity contribution is 0.477. The first-order valence-corrected chi connectivity index (χ1v) is 7.38. The van der Waals surface area contributed by atoms with Gasteiger partial charge in [0, 0.05) is 10.9 Å². The van der Waals surface area contributed by atoms with Crippen LogP contribution >= 0.6 is 11.3 Å². The van der Waals surface area contributed by atoms with Crippen molar-refractivity contribution in [3.05, 3.63) is 22.4 Å². The van der Waals surface area contributed by atoms with E-state index in [0.29, 0.717) is 24.4 Å². The molecule has 1 N–H and O–H groups in total. The molecule has 1 saturated carbocycles. The molecule has 2 heterocycles. The fourth-order valence-electron chi connectivity index (χ4n) is 2.38. The molecular formula is C13H15N3OS. The van der Waals surface area contributed by atoms with Crippen LogP contribution in [0, 0.1) is 0 Å². The van der Waals surface area contributed by atoms with E-state index in [4.69, 9.17) is 4.42 Å². The number of aryl methyl sites for hydroxylation is 2. The molecule has 94 valence electrons. The van der Waals surface area contributed by atoms with Crippen LogP contribution in [0.4, 0.5) is 0 Å². The van der Waals surface area contributed by atoms with Gasteiger partial charge < -0.3 is 9.73 Å². The molecule has 4 rings (SSSR count). The van der Waals surface area contributed by atoms with Crippen LogP contribution in [0.1, 0.15) is 35.6 Å². The fourth-order valence-corrected chi connectivity index (χ4v) is 3.55. The molecule has 0 aromatic carbocycles. The minimum Gasteiger partial charge on any atom is -0.419 e. The zero-order valence-corrected chi connectivity index (χ0v) is 10.9. The van der Waals surface area contributed by atoms with Gasteiger partial charge in [-0.25, -0.2) is 0 Å². The number of fused-ring (bicyclic) bond motifs is 1. The Bertz CT molecular complexity index is 549. The van der Waals surface area contributed by atoms with E-state index in [-0.39, 0.29) is 0 Å². The standard InChI is InChI=1S/C13H15N3OS/c1-2-8-6-11(18-10(8)3-1)13-16-15-12(17-13)7-14-9-4-5-9/h6,9,14H,1-5,7H2. The van der Waals surface area contributed by atoms with Gasteiger partial charge in [-0.1, -0.05) is 0 Å². The molecule has 18 heavy (non-hydrogen) atoms. The van der Waals surface area contributed by atoms with Crippen LogP contribution in [0.3, 0.4) is 0 Å². The van der Waals surface area contributed by atoms with Crippen LogP contribution < -0.4 is 5.32 Å². The Labute approximate surface area is 109 Å². The number of hydrogen-bond acceptors (Lipinski definition) is 5. The maximum absolute atomic E-state index is 5.71. The predicted molar refractivity (Wildman–Crippen MR) is 69.5 cm³/mol. The second-order valence-electron chi connectivity index (χ2n) is 5.07. The van der Waals surface area contributed by atoms with Crippen LogP contribution in [0.25, 0.3) is 10.8 Å². The molecule has 0 atom stereocenters. The summed E-state index contributed by atoms with van der Waals surface area (Å²) in [5, 5.41) is 11.6. The lowest BCUT2D eigenvalue weighted by Crippen LogP contribution is -2.15. The summed E-state index contributed by atoms with van der Waals surface area (Å²) in [6.07, 6.45) is 6.26. The van der Waals surface area contributed by atoms with Crippen LogP contribution in [-0.2, 0) is 19.4 Å². The number of hydrogen-bond donors (Lipinski definition) is 1. The molecule has 0 radical (unpaired) electrons. The second-order valence-corrected chi connectivity index (χ2v) is 6.21. The van der Waals surface area contributed by atoms with Crippen molar-refractivity contribution >= 4 is 11.3 Å². The maximum atomic E-state index is 5.71. The minimum atomic E-state index is 0.672. The topological polar surface area (TPSA) is 51.0 Å². The quantitative estimate of drug-likeness (QED) is 0.919. The Morgan fingerprint density at radius 2 is 2.28 bits per heavy atom. The smallest absolute Gasteiger partial charge is 0.257 e. The van der Waals surface area contributed by atoms with E-state index in [9.17, 15) is 0 Å². The number of nitrogens with zero attached hydrogens (tertiary/aromatic N) is 2. The minimum absolute atomic E-state index is 0.672. The first-order valence-electron chi connectivity index (χ1n) is 6.56. The second kappa shape index (κ2) is 4.17. The van der Waals surface area contributed by atoms with Gasteiger partial charge in [0.05, 0.1) is 11.4 Å². The first kappa shape index (κ1) is 10.7. The van der Waals surface area contributed by atoms with Gasteiger partial charge in [-0.3, -0.25) is 0 Å². The molecule has 2 aromatic rings. The van der Waals surface area contributed by atoms with Gasteiger partial charge in [0.25, 0.3) is 5.89 Å². The summed E-state index contributed by atoms with van der Waals surface area (Å²) in [5.41, 5.74) is 1.48. The summed E-state index contributed by atoms with van der Waals surface area (Å²) in [6, 6.07) is 2.89. The lowest BCUT2D eigenvalue weighted by atomic mass is 10.2. The van der Waals surface area contributed by atoms with Crippen molar-refractivity contribution in [1.29, 1.82) is 0 Å². The van der Waals surface area contributed by atoms with E-state index in [1.54, 1.807) is 0 Å². The molecule has 0 amide bonds. The van der Waals surface area contributed by atoms with E-state index in [1.807, 2.05) is 11.3 Å². The van der Waals surface area contributed by atoms with Crippen molar-refractivity contribution in [3.8, 4) is 10.8 Å². The molecule has 2 aliphatic carbocycles. The number of nitrogens with one attached hydrogen (secondary N) is 1. The van der Waals surface area contributed by atoms with E-state index in [0.717, 1.165) is 4.88 Å². The number of aromatic nitrogens is 2. The summed E-state index contributed by atoms with van der Waals surface area (Å²) in [7, 11) is 0.